The summed E-state index contributed by atoms with van der Waals surface area (Å²) in [5, 5.41) is 2.98. The fraction of sp³-hybridized carbons (Fsp3) is 0.556. The van der Waals surface area contributed by atoms with Crippen LogP contribution < -0.4 is 10.1 Å². The lowest BCUT2D eigenvalue weighted by atomic mass is 10.0. The van der Waals surface area contributed by atoms with Gasteiger partial charge in [0.2, 0.25) is 0 Å². The van der Waals surface area contributed by atoms with Crippen LogP contribution in [0, 0.1) is 13.8 Å². The molecule has 1 aliphatic heterocycles. The number of nitrogens with one attached hydrogen (secondary N) is 1. The monoisotopic (exact) mass is 333 g/mol. The molecule has 3 amide bonds. The first-order valence-corrected chi connectivity index (χ1v) is 8.25. The molecule has 1 heterocycles. The first kappa shape index (κ1) is 18.1. The van der Waals surface area contributed by atoms with Gasteiger partial charge in [-0.1, -0.05) is 0 Å². The summed E-state index contributed by atoms with van der Waals surface area (Å²) in [6, 6.07) is 3.81. The molecule has 132 valence electrons. The number of nitrogens with zero attached hydrogens (tertiary/aromatic N) is 2. The van der Waals surface area contributed by atoms with Crippen molar-refractivity contribution in [3.8, 4) is 5.75 Å². The first-order valence-electron chi connectivity index (χ1n) is 8.25. The van der Waals surface area contributed by atoms with Crippen molar-refractivity contribution >= 4 is 11.9 Å². The van der Waals surface area contributed by atoms with E-state index in [0.717, 1.165) is 29.7 Å². The van der Waals surface area contributed by atoms with Crippen molar-refractivity contribution in [2.75, 3.05) is 34.3 Å². The molecule has 0 saturated carbocycles. The minimum absolute atomic E-state index is 0.0428. The zero-order chi connectivity index (χ0) is 17.9. The van der Waals surface area contributed by atoms with E-state index in [1.807, 2.05) is 30.9 Å². The van der Waals surface area contributed by atoms with Crippen LogP contribution in [0.1, 0.15) is 34.3 Å². The average Bonchev–Trinajstić information content (AvgIpc) is 2.54. The Morgan fingerprint density at radius 2 is 1.71 bits per heavy atom. The first-order chi connectivity index (χ1) is 11.3. The molecular weight excluding hydrogens is 306 g/mol. The lowest BCUT2D eigenvalue weighted by Crippen LogP contribution is -2.48. The summed E-state index contributed by atoms with van der Waals surface area (Å²) >= 11 is 0. The summed E-state index contributed by atoms with van der Waals surface area (Å²) in [5.74, 6) is 0.873. The Labute approximate surface area is 143 Å². The molecule has 1 aromatic rings. The normalized spacial score (nSPS) is 15.1. The Hall–Kier alpha value is -2.24. The summed E-state index contributed by atoms with van der Waals surface area (Å²) in [6.45, 7) is 5.21. The number of hydrogen-bond acceptors (Lipinski definition) is 3. The smallest absolute Gasteiger partial charge is 0.317 e. The standard InChI is InChI=1S/C18H27N3O3/c1-12-10-14(11-13(2)16(12)24-5)17(22)21-8-6-15(7-9-21)19-18(23)20(3)4/h10-11,15H,6-9H2,1-5H3,(H,19,23). The Morgan fingerprint density at radius 1 is 1.17 bits per heavy atom. The summed E-state index contributed by atoms with van der Waals surface area (Å²) in [7, 11) is 5.09. The van der Waals surface area contributed by atoms with E-state index in [9.17, 15) is 9.59 Å². The van der Waals surface area contributed by atoms with Gasteiger partial charge in [-0.25, -0.2) is 4.79 Å². The molecule has 1 N–H and O–H groups in total. The van der Waals surface area contributed by atoms with Gasteiger partial charge in [-0.3, -0.25) is 4.79 Å². The minimum Gasteiger partial charge on any atom is -0.496 e. The molecule has 0 aliphatic carbocycles. The van der Waals surface area contributed by atoms with Crippen LogP contribution in [0.2, 0.25) is 0 Å². The molecule has 1 aliphatic rings. The summed E-state index contributed by atoms with van der Waals surface area (Å²) < 4.78 is 5.36. The molecule has 0 radical (unpaired) electrons. The van der Waals surface area contributed by atoms with E-state index in [4.69, 9.17) is 4.74 Å². The van der Waals surface area contributed by atoms with Crippen molar-refractivity contribution in [1.82, 2.24) is 15.1 Å². The molecule has 6 nitrogen and oxygen atoms in total. The SMILES string of the molecule is COc1c(C)cc(C(=O)N2CCC(NC(=O)N(C)C)CC2)cc1C. The van der Waals surface area contributed by atoms with Gasteiger partial charge >= 0.3 is 6.03 Å². The van der Waals surface area contributed by atoms with Gasteiger partial charge in [0, 0.05) is 38.8 Å². The molecule has 0 bridgehead atoms. The number of amides is 3. The van der Waals surface area contributed by atoms with E-state index < -0.39 is 0 Å². The number of urea groups is 1. The second-order valence-electron chi connectivity index (χ2n) is 6.55. The number of hydrogen-bond donors (Lipinski definition) is 1. The van der Waals surface area contributed by atoms with Gasteiger partial charge < -0.3 is 19.9 Å². The van der Waals surface area contributed by atoms with E-state index >= 15 is 0 Å². The van der Waals surface area contributed by atoms with Crippen molar-refractivity contribution in [2.45, 2.75) is 32.7 Å². The van der Waals surface area contributed by atoms with Crippen LogP contribution in [0.25, 0.3) is 0 Å². The van der Waals surface area contributed by atoms with Crippen LogP contribution in [0.3, 0.4) is 0 Å². The molecule has 6 heteroatoms. The number of ether oxygens (including phenoxy) is 1. The maximum atomic E-state index is 12.7. The van der Waals surface area contributed by atoms with Crippen LogP contribution in [-0.2, 0) is 0 Å². The molecule has 0 unspecified atom stereocenters. The van der Waals surface area contributed by atoms with E-state index in [0.29, 0.717) is 18.7 Å². The van der Waals surface area contributed by atoms with Crippen LogP contribution in [0.5, 0.6) is 5.75 Å². The van der Waals surface area contributed by atoms with Gasteiger partial charge in [0.05, 0.1) is 7.11 Å². The number of benzene rings is 1. The topological polar surface area (TPSA) is 61.9 Å². The maximum Gasteiger partial charge on any atom is 0.317 e. The number of aryl methyl sites for hydroxylation is 2. The second-order valence-corrected chi connectivity index (χ2v) is 6.55. The van der Waals surface area contributed by atoms with Gasteiger partial charge in [-0.15, -0.1) is 0 Å². The Balaban J connectivity index is 1.99. The quantitative estimate of drug-likeness (QED) is 0.922. The number of likely N-dealkylation sites (tertiary alicyclic amines) is 1. The molecular formula is C18H27N3O3. The van der Waals surface area contributed by atoms with Crippen molar-refractivity contribution in [3.05, 3.63) is 28.8 Å². The molecule has 2 rings (SSSR count). The number of rotatable bonds is 3. The van der Waals surface area contributed by atoms with Gasteiger partial charge in [-0.05, 0) is 49.9 Å². The summed E-state index contributed by atoms with van der Waals surface area (Å²) in [4.78, 5) is 27.8. The molecule has 1 saturated heterocycles. The zero-order valence-electron chi connectivity index (χ0n) is 15.2. The molecule has 1 fully saturated rings. The largest absolute Gasteiger partial charge is 0.496 e. The predicted molar refractivity (Wildman–Crippen MR) is 93.6 cm³/mol. The van der Waals surface area contributed by atoms with Crippen LogP contribution >= 0.6 is 0 Å². The van der Waals surface area contributed by atoms with Crippen molar-refractivity contribution < 1.29 is 14.3 Å². The number of methoxy groups -OCH3 is 1. The van der Waals surface area contributed by atoms with Crippen molar-refractivity contribution in [1.29, 1.82) is 0 Å². The number of piperidine rings is 1. The molecule has 1 aromatic carbocycles. The highest BCUT2D eigenvalue weighted by Gasteiger charge is 2.25. The van der Waals surface area contributed by atoms with E-state index in [-0.39, 0.29) is 18.0 Å². The minimum atomic E-state index is -0.0822. The maximum absolute atomic E-state index is 12.7. The Bertz CT molecular complexity index is 597. The van der Waals surface area contributed by atoms with Gasteiger partial charge in [0.25, 0.3) is 5.91 Å². The third kappa shape index (κ3) is 3.99. The third-order valence-corrected chi connectivity index (χ3v) is 4.43. The number of carbonyl (C=O) groups excluding carboxylic acids is 2. The lowest BCUT2D eigenvalue weighted by molar-refractivity contribution is 0.0707. The average molecular weight is 333 g/mol. The van der Waals surface area contributed by atoms with Crippen LogP contribution in [0.4, 0.5) is 4.79 Å². The molecule has 0 aromatic heterocycles. The second kappa shape index (κ2) is 7.55. The van der Waals surface area contributed by atoms with E-state index in [2.05, 4.69) is 5.32 Å². The predicted octanol–water partition coefficient (Wildman–Crippen LogP) is 2.19. The summed E-state index contributed by atoms with van der Waals surface area (Å²) in [6.07, 6.45) is 1.55. The van der Waals surface area contributed by atoms with Gasteiger partial charge in [0.1, 0.15) is 5.75 Å². The fourth-order valence-corrected chi connectivity index (χ4v) is 3.11. The highest BCUT2D eigenvalue weighted by molar-refractivity contribution is 5.95. The number of carbonyl (C=O) groups is 2. The van der Waals surface area contributed by atoms with Crippen molar-refractivity contribution in [3.63, 3.8) is 0 Å². The van der Waals surface area contributed by atoms with E-state index in [1.54, 1.807) is 21.2 Å². The highest BCUT2D eigenvalue weighted by atomic mass is 16.5. The summed E-state index contributed by atoms with van der Waals surface area (Å²) in [5.41, 5.74) is 2.63. The zero-order valence-corrected chi connectivity index (χ0v) is 15.2. The lowest BCUT2D eigenvalue weighted by Gasteiger charge is -2.33. The highest BCUT2D eigenvalue weighted by Crippen LogP contribution is 2.25. The van der Waals surface area contributed by atoms with Crippen molar-refractivity contribution in [2.24, 2.45) is 0 Å². The molecule has 24 heavy (non-hydrogen) atoms. The van der Waals surface area contributed by atoms with E-state index in [1.165, 1.54) is 4.90 Å². The van der Waals surface area contributed by atoms with Gasteiger partial charge in [0.15, 0.2) is 0 Å². The third-order valence-electron chi connectivity index (χ3n) is 4.43. The van der Waals surface area contributed by atoms with Crippen LogP contribution in [-0.4, -0.2) is 62.1 Å². The van der Waals surface area contributed by atoms with Crippen LogP contribution in [0.15, 0.2) is 12.1 Å². The Kier molecular flexibility index (Phi) is 5.70. The molecule has 0 spiro atoms. The fourth-order valence-electron chi connectivity index (χ4n) is 3.11. The Morgan fingerprint density at radius 3 is 2.17 bits per heavy atom. The molecule has 0 atom stereocenters. The van der Waals surface area contributed by atoms with Gasteiger partial charge in [-0.2, -0.15) is 0 Å².